The lowest BCUT2D eigenvalue weighted by atomic mass is 10.1. The Labute approximate surface area is 162 Å². The average Bonchev–Trinajstić information content (AvgIpc) is 2.68. The topological polar surface area (TPSA) is 98.5 Å². The van der Waals surface area contributed by atoms with E-state index in [0.29, 0.717) is 11.3 Å². The van der Waals surface area contributed by atoms with Crippen molar-refractivity contribution in [1.82, 2.24) is 0 Å². The zero-order valence-corrected chi connectivity index (χ0v) is 15.3. The van der Waals surface area contributed by atoms with Gasteiger partial charge in [0.05, 0.1) is 6.42 Å². The summed E-state index contributed by atoms with van der Waals surface area (Å²) in [7, 11) is 0. The van der Waals surface area contributed by atoms with Crippen LogP contribution in [0.15, 0.2) is 66.7 Å². The van der Waals surface area contributed by atoms with E-state index in [-0.39, 0.29) is 6.42 Å². The Hall–Kier alpha value is -3.67. The summed E-state index contributed by atoms with van der Waals surface area (Å²) in [6.45, 7) is 1.51. The lowest BCUT2D eigenvalue weighted by Gasteiger charge is -2.14. The predicted molar refractivity (Wildman–Crippen MR) is 107 cm³/mol. The number of hydrogen-bond donors (Lipinski definition) is 2. The summed E-state index contributed by atoms with van der Waals surface area (Å²) < 4.78 is 5.24. The molecule has 3 rings (SSSR count). The SMILES string of the molecule is C[C@@H](OC(=O)Cc1ccc2ccccc2c1)C(=O)Nc1ccc(C(N)=O)cc1. The maximum atomic E-state index is 12.2. The molecule has 0 aliphatic carbocycles. The molecule has 3 aromatic carbocycles. The molecule has 3 aromatic rings. The van der Waals surface area contributed by atoms with E-state index in [4.69, 9.17) is 10.5 Å². The van der Waals surface area contributed by atoms with Crippen LogP contribution in [0.4, 0.5) is 5.69 Å². The highest BCUT2D eigenvalue weighted by Gasteiger charge is 2.18. The molecule has 6 heteroatoms. The Morgan fingerprint density at radius 3 is 2.32 bits per heavy atom. The van der Waals surface area contributed by atoms with Gasteiger partial charge in [-0.15, -0.1) is 0 Å². The summed E-state index contributed by atoms with van der Waals surface area (Å²) in [5.74, 6) is -1.49. The highest BCUT2D eigenvalue weighted by Crippen LogP contribution is 2.16. The maximum Gasteiger partial charge on any atom is 0.311 e. The van der Waals surface area contributed by atoms with Crippen LogP contribution in [-0.4, -0.2) is 23.9 Å². The second-order valence-corrected chi connectivity index (χ2v) is 6.42. The van der Waals surface area contributed by atoms with Crippen LogP contribution in [-0.2, 0) is 20.7 Å². The van der Waals surface area contributed by atoms with Crippen LogP contribution < -0.4 is 11.1 Å². The van der Waals surface area contributed by atoms with Crippen LogP contribution in [0.2, 0.25) is 0 Å². The normalized spacial score (nSPS) is 11.6. The first-order valence-electron chi connectivity index (χ1n) is 8.80. The zero-order chi connectivity index (χ0) is 20.1. The van der Waals surface area contributed by atoms with Crippen molar-refractivity contribution in [1.29, 1.82) is 0 Å². The van der Waals surface area contributed by atoms with E-state index in [1.54, 1.807) is 12.1 Å². The second kappa shape index (κ2) is 8.35. The molecule has 0 aliphatic rings. The molecule has 0 unspecified atom stereocenters. The molecule has 3 N–H and O–H groups in total. The minimum absolute atomic E-state index is 0.0791. The number of primary amides is 1. The number of amides is 2. The van der Waals surface area contributed by atoms with Crippen LogP contribution in [0.5, 0.6) is 0 Å². The highest BCUT2D eigenvalue weighted by atomic mass is 16.5. The van der Waals surface area contributed by atoms with Crippen LogP contribution in [0.1, 0.15) is 22.8 Å². The summed E-state index contributed by atoms with van der Waals surface area (Å²) >= 11 is 0. The number of benzene rings is 3. The largest absolute Gasteiger partial charge is 0.452 e. The van der Waals surface area contributed by atoms with Crippen molar-refractivity contribution in [2.75, 3.05) is 5.32 Å². The number of anilines is 1. The molecule has 0 radical (unpaired) electrons. The molecule has 0 heterocycles. The lowest BCUT2D eigenvalue weighted by molar-refractivity contribution is -0.152. The van der Waals surface area contributed by atoms with E-state index in [0.717, 1.165) is 16.3 Å². The van der Waals surface area contributed by atoms with Gasteiger partial charge in [-0.2, -0.15) is 0 Å². The predicted octanol–water partition coefficient (Wildman–Crippen LogP) is 3.05. The standard InChI is InChI=1S/C22H20N2O4/c1-14(22(27)24-19-10-8-17(9-11-19)21(23)26)28-20(25)13-15-6-7-16-4-2-3-5-18(16)12-15/h2-12,14H,13H2,1H3,(H2,23,26)(H,24,27)/t14-/m1/s1. The van der Waals surface area contributed by atoms with Crippen LogP contribution in [0, 0.1) is 0 Å². The quantitative estimate of drug-likeness (QED) is 0.646. The summed E-state index contributed by atoms with van der Waals surface area (Å²) in [6.07, 6.45) is -0.876. The number of carbonyl (C=O) groups excluding carboxylic acids is 3. The highest BCUT2D eigenvalue weighted by molar-refractivity contribution is 5.97. The fourth-order valence-corrected chi connectivity index (χ4v) is 2.77. The third-order valence-corrected chi connectivity index (χ3v) is 4.28. The number of fused-ring (bicyclic) bond motifs is 1. The van der Waals surface area contributed by atoms with E-state index in [9.17, 15) is 14.4 Å². The van der Waals surface area contributed by atoms with Crippen molar-refractivity contribution in [2.24, 2.45) is 5.73 Å². The Bertz CT molecular complexity index is 1030. The van der Waals surface area contributed by atoms with Gasteiger partial charge < -0.3 is 15.8 Å². The minimum Gasteiger partial charge on any atom is -0.452 e. The Kier molecular flexibility index (Phi) is 5.69. The molecule has 0 spiro atoms. The maximum absolute atomic E-state index is 12.2. The van der Waals surface area contributed by atoms with Gasteiger partial charge in [-0.05, 0) is 47.5 Å². The fourth-order valence-electron chi connectivity index (χ4n) is 2.77. The lowest BCUT2D eigenvalue weighted by Crippen LogP contribution is -2.30. The number of esters is 1. The first-order chi connectivity index (χ1) is 13.4. The molecular formula is C22H20N2O4. The van der Waals surface area contributed by atoms with Crippen LogP contribution in [0.3, 0.4) is 0 Å². The van der Waals surface area contributed by atoms with Crippen LogP contribution in [0.25, 0.3) is 10.8 Å². The van der Waals surface area contributed by atoms with Gasteiger partial charge in [-0.3, -0.25) is 14.4 Å². The van der Waals surface area contributed by atoms with Crippen molar-refractivity contribution in [2.45, 2.75) is 19.4 Å². The van der Waals surface area contributed by atoms with Gasteiger partial charge in [-0.25, -0.2) is 0 Å². The molecule has 1 atom stereocenters. The molecule has 142 valence electrons. The molecule has 6 nitrogen and oxygen atoms in total. The number of ether oxygens (including phenoxy) is 1. The summed E-state index contributed by atoms with van der Waals surface area (Å²) in [4.78, 5) is 35.5. The molecular weight excluding hydrogens is 356 g/mol. The summed E-state index contributed by atoms with van der Waals surface area (Å²) in [5.41, 5.74) is 6.82. The Morgan fingerprint density at radius 2 is 1.64 bits per heavy atom. The first-order valence-corrected chi connectivity index (χ1v) is 8.80. The monoisotopic (exact) mass is 376 g/mol. The Balaban J connectivity index is 1.56. The molecule has 0 bridgehead atoms. The minimum atomic E-state index is -0.955. The van der Waals surface area contributed by atoms with Crippen molar-refractivity contribution in [3.63, 3.8) is 0 Å². The van der Waals surface area contributed by atoms with E-state index in [1.165, 1.54) is 19.1 Å². The van der Waals surface area contributed by atoms with Crippen molar-refractivity contribution in [3.8, 4) is 0 Å². The van der Waals surface area contributed by atoms with E-state index < -0.39 is 23.9 Å². The van der Waals surface area contributed by atoms with Crippen LogP contribution >= 0.6 is 0 Å². The Morgan fingerprint density at radius 1 is 0.964 bits per heavy atom. The summed E-state index contributed by atoms with van der Waals surface area (Å²) in [5, 5.41) is 4.77. The molecule has 0 saturated carbocycles. The number of nitrogens with one attached hydrogen (secondary N) is 1. The molecule has 2 amide bonds. The van der Waals surface area contributed by atoms with E-state index >= 15 is 0 Å². The van der Waals surface area contributed by atoms with Crippen molar-refractivity contribution >= 4 is 34.2 Å². The van der Waals surface area contributed by atoms with Crippen molar-refractivity contribution in [3.05, 3.63) is 77.9 Å². The van der Waals surface area contributed by atoms with Gasteiger partial charge in [0.2, 0.25) is 5.91 Å². The molecule has 28 heavy (non-hydrogen) atoms. The van der Waals surface area contributed by atoms with E-state index in [2.05, 4.69) is 5.32 Å². The number of hydrogen-bond acceptors (Lipinski definition) is 4. The van der Waals surface area contributed by atoms with Gasteiger partial charge in [0, 0.05) is 11.3 Å². The molecule has 0 aliphatic heterocycles. The number of rotatable bonds is 6. The molecule has 0 aromatic heterocycles. The fraction of sp³-hybridized carbons (Fsp3) is 0.136. The molecule has 0 saturated heterocycles. The smallest absolute Gasteiger partial charge is 0.311 e. The third-order valence-electron chi connectivity index (χ3n) is 4.28. The van der Waals surface area contributed by atoms with Gasteiger partial charge in [0.25, 0.3) is 5.91 Å². The average molecular weight is 376 g/mol. The number of nitrogens with two attached hydrogens (primary N) is 1. The van der Waals surface area contributed by atoms with Gasteiger partial charge in [0.1, 0.15) is 0 Å². The molecule has 0 fully saturated rings. The van der Waals surface area contributed by atoms with E-state index in [1.807, 2.05) is 42.5 Å². The van der Waals surface area contributed by atoms with Gasteiger partial charge in [0.15, 0.2) is 6.10 Å². The van der Waals surface area contributed by atoms with Gasteiger partial charge in [-0.1, -0.05) is 42.5 Å². The first kappa shape index (κ1) is 19.1. The zero-order valence-electron chi connectivity index (χ0n) is 15.3. The second-order valence-electron chi connectivity index (χ2n) is 6.42. The van der Waals surface area contributed by atoms with Crippen molar-refractivity contribution < 1.29 is 19.1 Å². The van der Waals surface area contributed by atoms with Gasteiger partial charge >= 0.3 is 5.97 Å². The summed E-state index contributed by atoms with van der Waals surface area (Å²) in [6, 6.07) is 19.8. The number of carbonyl (C=O) groups is 3. The third kappa shape index (κ3) is 4.73.